The Morgan fingerprint density at radius 3 is 2.76 bits per heavy atom. The van der Waals surface area contributed by atoms with Gasteiger partial charge in [0.2, 0.25) is 11.8 Å². The SMILES string of the molecule is CC(C)(C)C[C@]1(C(=O)N[C@H](C#N)C[C@@H]2CC3(CC3)NC2=O)SC1NC(=O)OC/C=C/c1cccc(Cl)c1. The fraction of sp³-hybridized carbons (Fsp3) is 0.556. The summed E-state index contributed by atoms with van der Waals surface area (Å²) in [6, 6.07) is 8.68. The highest BCUT2D eigenvalue weighted by Crippen LogP contribution is 2.58. The van der Waals surface area contributed by atoms with Gasteiger partial charge in [0.05, 0.1) is 6.07 Å². The zero-order valence-electron chi connectivity index (χ0n) is 21.3. The van der Waals surface area contributed by atoms with Gasteiger partial charge in [-0.3, -0.25) is 9.59 Å². The molecule has 8 nitrogen and oxygen atoms in total. The van der Waals surface area contributed by atoms with Crippen molar-refractivity contribution >= 4 is 47.3 Å². The number of ether oxygens (including phenoxy) is 1. The first kappa shape index (κ1) is 27.3. The van der Waals surface area contributed by atoms with Crippen LogP contribution < -0.4 is 16.0 Å². The Kier molecular flexibility index (Phi) is 7.82. The topological polar surface area (TPSA) is 120 Å². The van der Waals surface area contributed by atoms with E-state index in [1.807, 2.05) is 32.9 Å². The van der Waals surface area contributed by atoms with Gasteiger partial charge in [0, 0.05) is 16.5 Å². The molecule has 37 heavy (non-hydrogen) atoms. The largest absolute Gasteiger partial charge is 0.445 e. The highest BCUT2D eigenvalue weighted by molar-refractivity contribution is 8.09. The first-order valence-electron chi connectivity index (χ1n) is 12.5. The second kappa shape index (κ2) is 10.6. The van der Waals surface area contributed by atoms with Crippen LogP contribution in [-0.2, 0) is 14.3 Å². The van der Waals surface area contributed by atoms with Crippen molar-refractivity contribution in [2.75, 3.05) is 6.61 Å². The summed E-state index contributed by atoms with van der Waals surface area (Å²) in [5.41, 5.74) is 0.616. The number of amides is 3. The lowest BCUT2D eigenvalue weighted by atomic mass is 9.83. The molecule has 4 atom stereocenters. The second-order valence-corrected chi connectivity index (χ2v) is 13.3. The van der Waals surface area contributed by atoms with E-state index in [4.69, 9.17) is 16.3 Å². The normalized spacial score (nSPS) is 26.3. The highest BCUT2D eigenvalue weighted by Gasteiger charge is 2.64. The summed E-state index contributed by atoms with van der Waals surface area (Å²) < 4.78 is 4.36. The Balaban J connectivity index is 1.31. The van der Waals surface area contributed by atoms with Crippen molar-refractivity contribution < 1.29 is 19.1 Å². The third-order valence-corrected chi connectivity index (χ3v) is 8.54. The van der Waals surface area contributed by atoms with Gasteiger partial charge < -0.3 is 20.7 Å². The number of hydrogen-bond acceptors (Lipinski definition) is 6. The quantitative estimate of drug-likeness (QED) is 0.396. The molecule has 1 spiro atoms. The third-order valence-electron chi connectivity index (χ3n) is 6.82. The summed E-state index contributed by atoms with van der Waals surface area (Å²) in [6.45, 7) is 6.14. The number of nitriles is 1. The van der Waals surface area contributed by atoms with E-state index in [0.717, 1.165) is 18.4 Å². The molecular formula is C27H33ClN4O4S. The zero-order valence-corrected chi connectivity index (χ0v) is 22.9. The molecular weight excluding hydrogens is 512 g/mol. The third kappa shape index (κ3) is 6.99. The van der Waals surface area contributed by atoms with Crippen molar-refractivity contribution in [3.05, 3.63) is 40.9 Å². The minimum atomic E-state index is -0.904. The number of rotatable bonds is 9. The average molecular weight is 545 g/mol. The summed E-state index contributed by atoms with van der Waals surface area (Å²) in [5.74, 6) is -0.615. The number of alkyl carbamates (subject to hydrolysis) is 1. The Morgan fingerprint density at radius 2 is 2.14 bits per heavy atom. The van der Waals surface area contributed by atoms with Crippen molar-refractivity contribution in [2.24, 2.45) is 11.3 Å². The molecule has 1 aromatic carbocycles. The van der Waals surface area contributed by atoms with Crippen LogP contribution in [-0.4, -0.2) is 46.2 Å². The fourth-order valence-electron chi connectivity index (χ4n) is 4.92. The molecule has 0 aromatic heterocycles. The standard InChI is InChI=1S/C27H33ClN4O4S/c1-25(2,3)16-27(22(34)30-20(15-29)13-18-14-26(9-10-26)32-21(18)33)23(37-27)31-24(35)36-11-5-7-17-6-4-8-19(28)12-17/h4-8,12,18,20,23H,9-11,13-14,16H2,1-3H3,(H,30,34)(H,31,35)(H,32,33)/b7-5+/t18-,20+,23?,27-/m1/s1. The summed E-state index contributed by atoms with van der Waals surface area (Å²) in [5, 5.41) is 18.5. The number of thioether (sulfide) groups is 1. The van der Waals surface area contributed by atoms with Crippen LogP contribution in [0.15, 0.2) is 30.3 Å². The predicted molar refractivity (Wildman–Crippen MR) is 144 cm³/mol. The van der Waals surface area contributed by atoms with Gasteiger partial charge in [-0.2, -0.15) is 5.26 Å². The monoisotopic (exact) mass is 544 g/mol. The lowest BCUT2D eigenvalue weighted by Gasteiger charge is -2.26. The maximum absolute atomic E-state index is 13.4. The molecule has 2 heterocycles. The zero-order chi connectivity index (χ0) is 26.8. The predicted octanol–water partition coefficient (Wildman–Crippen LogP) is 4.39. The first-order chi connectivity index (χ1) is 17.4. The molecule has 1 aliphatic carbocycles. The van der Waals surface area contributed by atoms with Crippen molar-refractivity contribution in [3.63, 3.8) is 0 Å². The highest BCUT2D eigenvalue weighted by atomic mass is 35.5. The second-order valence-electron chi connectivity index (χ2n) is 11.4. The number of benzene rings is 1. The van der Waals surface area contributed by atoms with Crippen LogP contribution in [0.5, 0.6) is 0 Å². The smallest absolute Gasteiger partial charge is 0.408 e. The molecule has 1 unspecified atom stereocenters. The summed E-state index contributed by atoms with van der Waals surface area (Å²) in [7, 11) is 0. The molecule has 0 bridgehead atoms. The molecule has 1 aromatic rings. The Hall–Kier alpha value is -2.70. The van der Waals surface area contributed by atoms with E-state index < -0.39 is 22.3 Å². The molecule has 2 saturated heterocycles. The van der Waals surface area contributed by atoms with Gasteiger partial charge in [0.15, 0.2) is 0 Å². The molecule has 3 aliphatic rings. The van der Waals surface area contributed by atoms with E-state index in [2.05, 4.69) is 22.0 Å². The van der Waals surface area contributed by atoms with Crippen LogP contribution in [0.3, 0.4) is 0 Å². The molecule has 4 rings (SSSR count). The van der Waals surface area contributed by atoms with Crippen LogP contribution in [0.2, 0.25) is 5.02 Å². The Labute approximate surface area is 226 Å². The van der Waals surface area contributed by atoms with Crippen LogP contribution in [0, 0.1) is 22.7 Å². The van der Waals surface area contributed by atoms with Gasteiger partial charge in [-0.05, 0) is 61.3 Å². The van der Waals surface area contributed by atoms with Crippen LogP contribution in [0.25, 0.3) is 6.08 Å². The van der Waals surface area contributed by atoms with Gasteiger partial charge in [0.1, 0.15) is 22.8 Å². The van der Waals surface area contributed by atoms with Gasteiger partial charge >= 0.3 is 6.09 Å². The lowest BCUT2D eigenvalue weighted by molar-refractivity contribution is -0.125. The van der Waals surface area contributed by atoms with Gasteiger partial charge in [-0.1, -0.05) is 50.6 Å². The van der Waals surface area contributed by atoms with Gasteiger partial charge in [-0.25, -0.2) is 4.79 Å². The van der Waals surface area contributed by atoms with E-state index in [1.54, 1.807) is 24.3 Å². The number of halogens is 1. The van der Waals surface area contributed by atoms with Crippen molar-refractivity contribution in [1.29, 1.82) is 5.26 Å². The molecule has 3 N–H and O–H groups in total. The average Bonchev–Trinajstić information content (AvgIpc) is 3.69. The number of carbonyl (C=O) groups excluding carboxylic acids is 3. The molecule has 0 radical (unpaired) electrons. The molecule has 2 aliphatic heterocycles. The van der Waals surface area contributed by atoms with Crippen molar-refractivity contribution in [1.82, 2.24) is 16.0 Å². The van der Waals surface area contributed by atoms with Gasteiger partial charge in [-0.15, -0.1) is 11.8 Å². The number of nitrogens with one attached hydrogen (secondary N) is 3. The molecule has 1 saturated carbocycles. The van der Waals surface area contributed by atoms with E-state index in [1.165, 1.54) is 11.8 Å². The van der Waals surface area contributed by atoms with E-state index in [0.29, 0.717) is 17.9 Å². The molecule has 3 amide bonds. The molecule has 10 heteroatoms. The molecule has 198 valence electrons. The van der Waals surface area contributed by atoms with E-state index in [9.17, 15) is 19.6 Å². The Bertz CT molecular complexity index is 1140. The van der Waals surface area contributed by atoms with Crippen LogP contribution in [0.1, 0.15) is 58.4 Å². The van der Waals surface area contributed by atoms with E-state index >= 15 is 0 Å². The number of nitrogens with zero attached hydrogens (tertiary/aromatic N) is 1. The summed E-state index contributed by atoms with van der Waals surface area (Å²) >= 11 is 7.32. The van der Waals surface area contributed by atoms with Crippen molar-refractivity contribution in [3.8, 4) is 6.07 Å². The first-order valence-corrected chi connectivity index (χ1v) is 13.8. The van der Waals surface area contributed by atoms with Crippen molar-refractivity contribution in [2.45, 2.75) is 74.6 Å². The molecule has 3 fully saturated rings. The maximum Gasteiger partial charge on any atom is 0.408 e. The van der Waals surface area contributed by atoms with Crippen LogP contribution in [0.4, 0.5) is 4.79 Å². The number of hydrogen-bond donors (Lipinski definition) is 3. The fourth-order valence-corrected chi connectivity index (χ4v) is 6.56. The number of carbonyl (C=O) groups is 3. The van der Waals surface area contributed by atoms with Crippen LogP contribution >= 0.6 is 23.4 Å². The Morgan fingerprint density at radius 1 is 1.38 bits per heavy atom. The minimum Gasteiger partial charge on any atom is -0.445 e. The summed E-state index contributed by atoms with van der Waals surface area (Å²) in [4.78, 5) is 38.2. The van der Waals surface area contributed by atoms with E-state index in [-0.39, 0.29) is 41.7 Å². The lowest BCUT2D eigenvalue weighted by Crippen LogP contribution is -2.48. The van der Waals surface area contributed by atoms with Gasteiger partial charge in [0.25, 0.3) is 0 Å². The minimum absolute atomic E-state index is 0.0381. The summed E-state index contributed by atoms with van der Waals surface area (Å²) in [6.07, 6.45) is 6.35. The maximum atomic E-state index is 13.4.